The summed E-state index contributed by atoms with van der Waals surface area (Å²) in [5.74, 6) is 0.168. The van der Waals surface area contributed by atoms with Crippen molar-refractivity contribution in [1.82, 2.24) is 34.7 Å². The molecule has 1 aliphatic heterocycles. The van der Waals surface area contributed by atoms with Gasteiger partial charge in [-0.2, -0.15) is 19.7 Å². The van der Waals surface area contributed by atoms with E-state index in [2.05, 4.69) is 46.0 Å². The van der Waals surface area contributed by atoms with Crippen LogP contribution in [0.5, 0.6) is 0 Å². The Labute approximate surface area is 174 Å². The maximum Gasteiger partial charge on any atom is 0.274 e. The zero-order valence-electron chi connectivity index (χ0n) is 17.5. The van der Waals surface area contributed by atoms with Crippen LogP contribution in [0.4, 0.5) is 0 Å². The normalized spacial score (nSPS) is 16.3. The Hall–Kier alpha value is -2.82. The van der Waals surface area contributed by atoms with Gasteiger partial charge in [-0.3, -0.25) is 9.89 Å². The van der Waals surface area contributed by atoms with Crippen molar-refractivity contribution in [3.05, 3.63) is 35.7 Å². The van der Waals surface area contributed by atoms with Gasteiger partial charge in [0.05, 0.1) is 11.9 Å². The number of carbonyl (C=O) groups excluding carboxylic acids is 1. The summed E-state index contributed by atoms with van der Waals surface area (Å²) in [6.07, 6.45) is 5.11. The smallest absolute Gasteiger partial charge is 0.274 e. The van der Waals surface area contributed by atoms with E-state index in [0.29, 0.717) is 43.1 Å². The lowest BCUT2D eigenvalue weighted by atomic mass is 9.92. The number of likely N-dealkylation sites (tertiary alicyclic amines) is 1. The molecule has 10 nitrogen and oxygen atoms in total. The van der Waals surface area contributed by atoms with E-state index in [9.17, 15) is 13.2 Å². The molecule has 0 atom stereocenters. The van der Waals surface area contributed by atoms with Crippen LogP contribution < -0.4 is 0 Å². The standard InChI is InChI=1S/C19H25N7O3S/c1-19(2,3)15-9-13(23-24-15)17(27)25-7-5-12(6-8-25)16-14(30(4,28)29)10-20-18-21-11-22-26(16)18/h9-12H,5-8H2,1-4H3,(H,23,24). The minimum Gasteiger partial charge on any atom is -0.337 e. The van der Waals surface area contributed by atoms with E-state index in [1.54, 1.807) is 11.0 Å². The number of sulfone groups is 1. The van der Waals surface area contributed by atoms with E-state index in [0.717, 1.165) is 5.69 Å². The van der Waals surface area contributed by atoms with Crippen LogP contribution in [0, 0.1) is 0 Å². The van der Waals surface area contributed by atoms with E-state index in [1.165, 1.54) is 23.3 Å². The van der Waals surface area contributed by atoms with Crippen LogP contribution in [0.1, 0.15) is 61.4 Å². The van der Waals surface area contributed by atoms with Crippen molar-refractivity contribution in [1.29, 1.82) is 0 Å². The fourth-order valence-electron chi connectivity index (χ4n) is 3.77. The van der Waals surface area contributed by atoms with Gasteiger partial charge < -0.3 is 4.90 Å². The Morgan fingerprint density at radius 3 is 2.50 bits per heavy atom. The summed E-state index contributed by atoms with van der Waals surface area (Å²) in [5.41, 5.74) is 1.77. The van der Waals surface area contributed by atoms with Gasteiger partial charge in [0.15, 0.2) is 9.84 Å². The molecule has 0 spiro atoms. The molecule has 1 fully saturated rings. The van der Waals surface area contributed by atoms with Gasteiger partial charge in [0.2, 0.25) is 0 Å². The van der Waals surface area contributed by atoms with Crippen LogP contribution in [0.25, 0.3) is 5.78 Å². The van der Waals surface area contributed by atoms with Gasteiger partial charge in [-0.15, -0.1) is 0 Å². The number of hydrogen-bond donors (Lipinski definition) is 1. The molecule has 1 amide bonds. The molecule has 160 valence electrons. The van der Waals surface area contributed by atoms with Crippen molar-refractivity contribution in [2.75, 3.05) is 19.3 Å². The lowest BCUT2D eigenvalue weighted by Crippen LogP contribution is -2.38. The summed E-state index contributed by atoms with van der Waals surface area (Å²) in [4.78, 5) is 23.0. The van der Waals surface area contributed by atoms with Crippen molar-refractivity contribution in [2.24, 2.45) is 0 Å². The van der Waals surface area contributed by atoms with Gasteiger partial charge >= 0.3 is 0 Å². The molecule has 0 bridgehead atoms. The summed E-state index contributed by atoms with van der Waals surface area (Å²) in [6.45, 7) is 7.17. The molecule has 0 aliphatic carbocycles. The van der Waals surface area contributed by atoms with E-state index in [-0.39, 0.29) is 22.1 Å². The zero-order valence-corrected chi connectivity index (χ0v) is 18.3. The Kier molecular flexibility index (Phi) is 4.88. The largest absolute Gasteiger partial charge is 0.337 e. The third-order valence-corrected chi connectivity index (χ3v) is 6.59. The molecule has 1 N–H and O–H groups in total. The van der Waals surface area contributed by atoms with Crippen molar-refractivity contribution in [3.63, 3.8) is 0 Å². The van der Waals surface area contributed by atoms with Crippen molar-refractivity contribution in [3.8, 4) is 0 Å². The molecular formula is C19H25N7O3S. The van der Waals surface area contributed by atoms with Crippen LogP contribution in [0.2, 0.25) is 0 Å². The molecule has 0 unspecified atom stereocenters. The average molecular weight is 432 g/mol. The molecule has 4 rings (SSSR count). The van der Waals surface area contributed by atoms with Gasteiger partial charge in [-0.25, -0.2) is 13.4 Å². The van der Waals surface area contributed by atoms with E-state index in [4.69, 9.17) is 0 Å². The molecule has 0 saturated carbocycles. The molecule has 1 aliphatic rings. The maximum absolute atomic E-state index is 12.9. The highest BCUT2D eigenvalue weighted by atomic mass is 32.2. The molecule has 3 aromatic heterocycles. The molecule has 3 aromatic rings. The van der Waals surface area contributed by atoms with E-state index in [1.807, 2.05) is 0 Å². The Bertz CT molecular complexity index is 1200. The molecular weight excluding hydrogens is 406 g/mol. The first kappa shape index (κ1) is 20.5. The first-order valence-corrected chi connectivity index (χ1v) is 11.7. The van der Waals surface area contributed by atoms with Gasteiger partial charge in [0.25, 0.3) is 11.7 Å². The number of carbonyl (C=O) groups is 1. The van der Waals surface area contributed by atoms with Gasteiger partial charge in [0.1, 0.15) is 16.9 Å². The predicted octanol–water partition coefficient (Wildman–Crippen LogP) is 1.57. The number of amides is 1. The summed E-state index contributed by atoms with van der Waals surface area (Å²) in [5, 5.41) is 11.3. The maximum atomic E-state index is 12.9. The summed E-state index contributed by atoms with van der Waals surface area (Å²) >= 11 is 0. The van der Waals surface area contributed by atoms with Crippen LogP contribution in [0.15, 0.2) is 23.5 Å². The van der Waals surface area contributed by atoms with Crippen LogP contribution in [-0.2, 0) is 15.3 Å². The third-order valence-electron chi connectivity index (χ3n) is 5.48. The highest BCUT2D eigenvalue weighted by Crippen LogP contribution is 2.32. The van der Waals surface area contributed by atoms with Crippen LogP contribution >= 0.6 is 0 Å². The number of nitrogens with one attached hydrogen (secondary N) is 1. The predicted molar refractivity (Wildman–Crippen MR) is 109 cm³/mol. The number of piperidine rings is 1. The monoisotopic (exact) mass is 431 g/mol. The topological polar surface area (TPSA) is 126 Å². The summed E-state index contributed by atoms with van der Waals surface area (Å²) < 4.78 is 26.2. The first-order chi connectivity index (χ1) is 14.1. The lowest BCUT2D eigenvalue weighted by Gasteiger charge is -2.32. The fourth-order valence-corrected chi connectivity index (χ4v) is 4.65. The SMILES string of the molecule is CC(C)(C)c1cc(C(=O)N2CCC(c3c(S(C)(=O)=O)cnc4ncnn34)CC2)n[nH]1. The highest BCUT2D eigenvalue weighted by Gasteiger charge is 2.31. The Balaban J connectivity index is 1.56. The van der Waals surface area contributed by atoms with Crippen LogP contribution in [-0.4, -0.2) is 68.3 Å². The second-order valence-electron chi connectivity index (χ2n) is 8.74. The Morgan fingerprint density at radius 1 is 1.20 bits per heavy atom. The molecule has 4 heterocycles. The second kappa shape index (κ2) is 7.15. The Morgan fingerprint density at radius 2 is 1.90 bits per heavy atom. The van der Waals surface area contributed by atoms with Gasteiger partial charge in [-0.05, 0) is 18.9 Å². The fraction of sp³-hybridized carbons (Fsp3) is 0.526. The number of fused-ring (bicyclic) bond motifs is 1. The molecule has 1 saturated heterocycles. The van der Waals surface area contributed by atoms with Crippen molar-refractivity contribution < 1.29 is 13.2 Å². The number of aromatic amines is 1. The molecule has 0 radical (unpaired) electrons. The highest BCUT2D eigenvalue weighted by molar-refractivity contribution is 7.90. The van der Waals surface area contributed by atoms with Gasteiger partial charge in [0, 0.05) is 36.4 Å². The second-order valence-corrected chi connectivity index (χ2v) is 10.7. The number of nitrogens with zero attached hydrogens (tertiary/aromatic N) is 6. The minimum atomic E-state index is -3.48. The quantitative estimate of drug-likeness (QED) is 0.667. The zero-order chi connectivity index (χ0) is 21.7. The van der Waals surface area contributed by atoms with Crippen LogP contribution in [0.3, 0.4) is 0 Å². The first-order valence-electron chi connectivity index (χ1n) is 9.79. The van der Waals surface area contributed by atoms with E-state index < -0.39 is 9.84 Å². The van der Waals surface area contributed by atoms with E-state index >= 15 is 0 Å². The van der Waals surface area contributed by atoms with Crippen molar-refractivity contribution >= 4 is 21.5 Å². The van der Waals surface area contributed by atoms with Gasteiger partial charge in [-0.1, -0.05) is 20.8 Å². The number of hydrogen-bond acceptors (Lipinski definition) is 7. The number of aromatic nitrogens is 6. The number of H-pyrrole nitrogens is 1. The summed E-state index contributed by atoms with van der Waals surface area (Å²) in [6, 6.07) is 1.80. The molecule has 0 aromatic carbocycles. The number of rotatable bonds is 3. The van der Waals surface area contributed by atoms with Crippen molar-refractivity contribution in [2.45, 2.75) is 49.8 Å². The molecule has 30 heavy (non-hydrogen) atoms. The average Bonchev–Trinajstić information content (AvgIpc) is 3.35. The minimum absolute atomic E-state index is 0.0738. The lowest BCUT2D eigenvalue weighted by molar-refractivity contribution is 0.0705. The third kappa shape index (κ3) is 3.69. The summed E-state index contributed by atoms with van der Waals surface area (Å²) in [7, 11) is -3.48. The molecule has 11 heteroatoms.